The van der Waals surface area contributed by atoms with Gasteiger partial charge in [0.15, 0.2) is 0 Å². The Bertz CT molecular complexity index is 1480. The van der Waals surface area contributed by atoms with Crippen LogP contribution < -0.4 is 15.5 Å². The molecule has 5 rings (SSSR count). The van der Waals surface area contributed by atoms with Gasteiger partial charge in [-0.05, 0) is 97.0 Å². The fourth-order valence-corrected chi connectivity index (χ4v) is 4.37. The number of carbonyl (C=O) groups excluding carboxylic acids is 2. The second kappa shape index (κ2) is 11.5. The molecule has 0 atom stereocenters. The van der Waals surface area contributed by atoms with Crippen molar-refractivity contribution in [1.82, 2.24) is 10.4 Å². The smallest absolute Gasteiger partial charge is 0.271 e. The summed E-state index contributed by atoms with van der Waals surface area (Å²) in [6.45, 7) is 2.19. The number of fused-ring (bicyclic) bond motifs is 1. The second-order valence-corrected chi connectivity index (χ2v) is 9.18. The molecule has 1 aliphatic carbocycles. The number of aromatic nitrogens is 1. The lowest BCUT2D eigenvalue weighted by molar-refractivity contribution is 0.0953. The topological polar surface area (TPSA) is 92.7 Å². The molecular formula is C31H28N4O3. The lowest BCUT2D eigenvalue weighted by Gasteiger charge is -2.09. The molecule has 1 heterocycles. The van der Waals surface area contributed by atoms with Crippen LogP contribution in [0.5, 0.6) is 5.75 Å². The normalized spacial score (nSPS) is 12.5. The Morgan fingerprint density at radius 1 is 0.842 bits per heavy atom. The standard InChI is InChI=1S/C31H28N4O3/c1-21(23-8-11-28(12-9-23)33-30(36)25-14-16-32-17-15-25)34-35-31(37)27-7-2-4-22(18-27)20-38-29-13-10-24-5-3-6-26(24)19-29/h2,4,7-19H,3,5-6,20H2,1H3,(H,33,36)(H,35,37)/b34-21-. The van der Waals surface area contributed by atoms with Crippen LogP contribution in [0.25, 0.3) is 0 Å². The van der Waals surface area contributed by atoms with Gasteiger partial charge in [-0.25, -0.2) is 5.43 Å². The van der Waals surface area contributed by atoms with Gasteiger partial charge >= 0.3 is 0 Å². The lowest BCUT2D eigenvalue weighted by atomic mass is 10.1. The van der Waals surface area contributed by atoms with Crippen LogP contribution >= 0.6 is 0 Å². The summed E-state index contributed by atoms with van der Waals surface area (Å²) in [5.41, 5.74) is 9.47. The van der Waals surface area contributed by atoms with E-state index in [0.717, 1.165) is 29.7 Å². The highest BCUT2D eigenvalue weighted by Gasteiger charge is 2.12. The van der Waals surface area contributed by atoms with Crippen molar-refractivity contribution in [3.63, 3.8) is 0 Å². The molecule has 0 saturated heterocycles. The van der Waals surface area contributed by atoms with E-state index in [1.165, 1.54) is 17.5 Å². The van der Waals surface area contributed by atoms with Gasteiger partial charge in [0.05, 0.1) is 5.71 Å². The predicted octanol–water partition coefficient (Wildman–Crippen LogP) is 5.56. The summed E-state index contributed by atoms with van der Waals surface area (Å²) in [7, 11) is 0. The van der Waals surface area contributed by atoms with E-state index in [4.69, 9.17) is 4.74 Å². The monoisotopic (exact) mass is 504 g/mol. The first kappa shape index (κ1) is 24.9. The second-order valence-electron chi connectivity index (χ2n) is 9.18. The summed E-state index contributed by atoms with van der Waals surface area (Å²) in [5, 5.41) is 7.10. The van der Waals surface area contributed by atoms with Crippen molar-refractivity contribution in [3.05, 3.63) is 125 Å². The molecule has 0 fully saturated rings. The van der Waals surface area contributed by atoms with Crippen molar-refractivity contribution in [1.29, 1.82) is 0 Å². The minimum absolute atomic E-state index is 0.210. The number of aryl methyl sites for hydroxylation is 2. The van der Waals surface area contributed by atoms with Gasteiger partial charge < -0.3 is 10.1 Å². The lowest BCUT2D eigenvalue weighted by Crippen LogP contribution is -2.19. The predicted molar refractivity (Wildman–Crippen MR) is 148 cm³/mol. The van der Waals surface area contributed by atoms with Gasteiger partial charge in [-0.2, -0.15) is 5.10 Å². The maximum atomic E-state index is 12.7. The largest absolute Gasteiger partial charge is 0.489 e. The number of benzene rings is 3. The fraction of sp³-hybridized carbons (Fsp3) is 0.161. The van der Waals surface area contributed by atoms with Gasteiger partial charge in [0, 0.05) is 29.2 Å². The number of hydrazone groups is 1. The van der Waals surface area contributed by atoms with Crippen molar-refractivity contribution in [2.24, 2.45) is 5.10 Å². The highest BCUT2D eigenvalue weighted by Crippen LogP contribution is 2.26. The Morgan fingerprint density at radius 3 is 2.45 bits per heavy atom. The molecule has 0 spiro atoms. The van der Waals surface area contributed by atoms with E-state index in [0.29, 0.717) is 29.1 Å². The molecule has 2 N–H and O–H groups in total. The van der Waals surface area contributed by atoms with E-state index in [-0.39, 0.29) is 11.8 Å². The van der Waals surface area contributed by atoms with Gasteiger partial charge in [-0.3, -0.25) is 14.6 Å². The zero-order valence-corrected chi connectivity index (χ0v) is 21.1. The SMILES string of the molecule is C/C(=N/NC(=O)c1cccc(COc2ccc3c(c2)CCC3)c1)c1ccc(NC(=O)c2ccncc2)cc1. The molecule has 4 aromatic rings. The van der Waals surface area contributed by atoms with E-state index in [1.54, 1.807) is 42.7 Å². The molecule has 0 bridgehead atoms. The number of rotatable bonds is 8. The number of pyridine rings is 1. The van der Waals surface area contributed by atoms with Gasteiger partial charge in [-0.1, -0.05) is 30.3 Å². The van der Waals surface area contributed by atoms with Crippen molar-refractivity contribution >= 4 is 23.2 Å². The van der Waals surface area contributed by atoms with Crippen molar-refractivity contribution in [2.75, 3.05) is 5.32 Å². The Balaban J connectivity index is 1.16. The average Bonchev–Trinajstić information content (AvgIpc) is 3.44. The number of nitrogens with one attached hydrogen (secondary N) is 2. The average molecular weight is 505 g/mol. The van der Waals surface area contributed by atoms with E-state index in [9.17, 15) is 9.59 Å². The molecular weight excluding hydrogens is 476 g/mol. The van der Waals surface area contributed by atoms with Crippen LogP contribution in [-0.4, -0.2) is 22.5 Å². The molecule has 1 aliphatic rings. The third-order valence-corrected chi connectivity index (χ3v) is 6.49. The minimum Gasteiger partial charge on any atom is -0.489 e. The summed E-state index contributed by atoms with van der Waals surface area (Å²) < 4.78 is 5.98. The van der Waals surface area contributed by atoms with Crippen molar-refractivity contribution in [2.45, 2.75) is 32.8 Å². The maximum Gasteiger partial charge on any atom is 0.271 e. The first-order valence-electron chi connectivity index (χ1n) is 12.6. The fourth-order valence-electron chi connectivity index (χ4n) is 4.37. The number of anilines is 1. The first-order chi connectivity index (χ1) is 18.5. The Morgan fingerprint density at radius 2 is 1.63 bits per heavy atom. The van der Waals surface area contributed by atoms with E-state index in [2.05, 4.69) is 33.0 Å². The van der Waals surface area contributed by atoms with Crippen LogP contribution in [0.3, 0.4) is 0 Å². The highest BCUT2D eigenvalue weighted by atomic mass is 16.5. The maximum absolute atomic E-state index is 12.7. The Labute approximate surface area is 221 Å². The molecule has 0 radical (unpaired) electrons. The number of carbonyl (C=O) groups is 2. The Kier molecular flexibility index (Phi) is 7.54. The molecule has 190 valence electrons. The molecule has 0 aliphatic heterocycles. The number of amides is 2. The molecule has 7 nitrogen and oxygen atoms in total. The number of ether oxygens (including phenoxy) is 1. The van der Waals surface area contributed by atoms with Crippen LogP contribution in [0.15, 0.2) is 96.4 Å². The zero-order chi connectivity index (χ0) is 26.3. The van der Waals surface area contributed by atoms with E-state index in [1.807, 2.05) is 43.3 Å². The molecule has 0 unspecified atom stereocenters. The van der Waals surface area contributed by atoms with Crippen LogP contribution in [0.1, 0.15) is 56.3 Å². The third-order valence-electron chi connectivity index (χ3n) is 6.49. The van der Waals surface area contributed by atoms with Crippen LogP contribution in [0.2, 0.25) is 0 Å². The molecule has 38 heavy (non-hydrogen) atoms. The molecule has 0 saturated carbocycles. The Hall–Kier alpha value is -4.78. The number of nitrogens with zero attached hydrogens (tertiary/aromatic N) is 2. The summed E-state index contributed by atoms with van der Waals surface area (Å²) in [6.07, 6.45) is 6.60. The van der Waals surface area contributed by atoms with Crippen LogP contribution in [0, 0.1) is 0 Å². The van der Waals surface area contributed by atoms with Crippen molar-refractivity contribution in [3.8, 4) is 5.75 Å². The summed E-state index contributed by atoms with van der Waals surface area (Å²) in [4.78, 5) is 29.0. The highest BCUT2D eigenvalue weighted by molar-refractivity contribution is 6.05. The molecule has 2 amide bonds. The van der Waals surface area contributed by atoms with Gasteiger partial charge in [0.25, 0.3) is 11.8 Å². The number of hydrogen-bond acceptors (Lipinski definition) is 5. The molecule has 7 heteroatoms. The van der Waals surface area contributed by atoms with Crippen LogP contribution in [-0.2, 0) is 19.4 Å². The summed E-state index contributed by atoms with van der Waals surface area (Å²) in [6, 6.07) is 24.2. The van der Waals surface area contributed by atoms with E-state index < -0.39 is 0 Å². The molecule has 3 aromatic carbocycles. The number of hydrogen-bond donors (Lipinski definition) is 2. The molecule has 1 aromatic heterocycles. The van der Waals surface area contributed by atoms with Crippen LogP contribution in [0.4, 0.5) is 5.69 Å². The minimum atomic E-state index is -0.301. The third kappa shape index (κ3) is 6.13. The first-order valence-corrected chi connectivity index (χ1v) is 12.6. The van der Waals surface area contributed by atoms with Gasteiger partial charge in [0.1, 0.15) is 12.4 Å². The quantitative estimate of drug-likeness (QED) is 0.243. The van der Waals surface area contributed by atoms with E-state index >= 15 is 0 Å². The van der Waals surface area contributed by atoms with Gasteiger partial charge in [0.2, 0.25) is 0 Å². The summed E-state index contributed by atoms with van der Waals surface area (Å²) >= 11 is 0. The van der Waals surface area contributed by atoms with Gasteiger partial charge in [-0.15, -0.1) is 0 Å². The van der Waals surface area contributed by atoms with Crippen molar-refractivity contribution < 1.29 is 14.3 Å². The summed E-state index contributed by atoms with van der Waals surface area (Å²) in [5.74, 6) is 0.339. The zero-order valence-electron chi connectivity index (χ0n) is 21.1.